The van der Waals surface area contributed by atoms with Crippen molar-refractivity contribution in [2.75, 3.05) is 20.1 Å². The van der Waals surface area contributed by atoms with Gasteiger partial charge in [0.2, 0.25) is 0 Å². The highest BCUT2D eigenvalue weighted by Crippen LogP contribution is 2.24. The van der Waals surface area contributed by atoms with Gasteiger partial charge < -0.3 is 4.48 Å². The summed E-state index contributed by atoms with van der Waals surface area (Å²) in [5.74, 6) is 0. The fourth-order valence-electron chi connectivity index (χ4n) is 2.34. The van der Waals surface area contributed by atoms with Crippen LogP contribution in [-0.4, -0.2) is 30.7 Å². The molecule has 0 amide bonds. The number of rotatable bonds is 4. The van der Waals surface area contributed by atoms with Gasteiger partial charge in [0.25, 0.3) is 0 Å². The van der Waals surface area contributed by atoms with Gasteiger partial charge in [0.05, 0.1) is 26.2 Å². The maximum Gasteiger partial charge on any atom is 0.0861 e. The lowest BCUT2D eigenvalue weighted by atomic mass is 10.2. The molecule has 1 heteroatoms. The molecule has 72 valence electrons. The molecule has 0 N–H and O–H groups in total. The molecule has 0 radical (unpaired) electrons. The molecule has 1 heterocycles. The minimum absolute atomic E-state index is 0.918. The van der Waals surface area contributed by atoms with Crippen LogP contribution < -0.4 is 0 Å². The normalized spacial score (nSPS) is 35.8. The predicted molar refractivity (Wildman–Crippen MR) is 54.1 cm³/mol. The molecule has 1 fully saturated rings. The van der Waals surface area contributed by atoms with Crippen LogP contribution in [0.2, 0.25) is 0 Å². The number of hydrogen-bond acceptors (Lipinski definition) is 0. The Bertz CT molecular complexity index is 133. The van der Waals surface area contributed by atoms with Crippen LogP contribution in [0.5, 0.6) is 0 Å². The Morgan fingerprint density at radius 1 is 1.33 bits per heavy atom. The molecule has 0 aromatic heterocycles. The van der Waals surface area contributed by atoms with Gasteiger partial charge in [-0.3, -0.25) is 0 Å². The third-order valence-electron chi connectivity index (χ3n) is 3.63. The quantitative estimate of drug-likeness (QED) is 0.449. The van der Waals surface area contributed by atoms with Crippen LogP contribution in [0.3, 0.4) is 0 Å². The molecule has 0 bridgehead atoms. The highest BCUT2D eigenvalue weighted by Gasteiger charge is 2.33. The minimum atomic E-state index is 0.918. The van der Waals surface area contributed by atoms with Gasteiger partial charge in [-0.2, -0.15) is 0 Å². The molecule has 0 aromatic carbocycles. The van der Waals surface area contributed by atoms with Crippen LogP contribution >= 0.6 is 0 Å². The Balaban J connectivity index is 2.27. The van der Waals surface area contributed by atoms with Gasteiger partial charge in [-0.15, -0.1) is 0 Å². The van der Waals surface area contributed by atoms with E-state index in [2.05, 4.69) is 20.9 Å². The third-order valence-corrected chi connectivity index (χ3v) is 3.63. The lowest BCUT2D eigenvalue weighted by Crippen LogP contribution is -2.47. The van der Waals surface area contributed by atoms with Crippen LogP contribution in [0.1, 0.15) is 46.0 Å². The number of likely N-dealkylation sites (tertiary alicyclic amines) is 1. The van der Waals surface area contributed by atoms with Gasteiger partial charge in [-0.1, -0.05) is 13.3 Å². The Labute approximate surface area is 77.4 Å². The molecule has 1 nitrogen and oxygen atoms in total. The molecule has 0 aliphatic carbocycles. The van der Waals surface area contributed by atoms with E-state index in [-0.39, 0.29) is 0 Å². The van der Waals surface area contributed by atoms with Crippen LogP contribution in [-0.2, 0) is 0 Å². The van der Waals surface area contributed by atoms with E-state index >= 15 is 0 Å². The summed E-state index contributed by atoms with van der Waals surface area (Å²) < 4.78 is 1.35. The SMILES string of the molecule is CCCCC[N+]1(C)CCCC1C. The Morgan fingerprint density at radius 3 is 2.58 bits per heavy atom. The summed E-state index contributed by atoms with van der Waals surface area (Å²) in [4.78, 5) is 0. The Hall–Kier alpha value is -0.0400. The van der Waals surface area contributed by atoms with E-state index < -0.39 is 0 Å². The average molecular weight is 170 g/mol. The van der Waals surface area contributed by atoms with Gasteiger partial charge in [-0.05, 0) is 19.8 Å². The molecular weight excluding hydrogens is 146 g/mol. The molecule has 1 rings (SSSR count). The van der Waals surface area contributed by atoms with E-state index in [0.29, 0.717) is 0 Å². The fourth-order valence-corrected chi connectivity index (χ4v) is 2.34. The zero-order valence-corrected chi connectivity index (χ0v) is 8.97. The molecule has 12 heavy (non-hydrogen) atoms. The van der Waals surface area contributed by atoms with E-state index in [9.17, 15) is 0 Å². The third kappa shape index (κ3) is 2.22. The average Bonchev–Trinajstić information content (AvgIpc) is 2.34. The van der Waals surface area contributed by atoms with Gasteiger partial charge >= 0.3 is 0 Å². The van der Waals surface area contributed by atoms with Crippen molar-refractivity contribution in [2.45, 2.75) is 52.0 Å². The summed E-state index contributed by atoms with van der Waals surface area (Å²) in [6, 6.07) is 0.918. The number of unbranched alkanes of at least 4 members (excludes halogenated alkanes) is 2. The maximum atomic E-state index is 2.44. The van der Waals surface area contributed by atoms with E-state index in [4.69, 9.17) is 0 Å². The second-order valence-electron chi connectivity index (χ2n) is 4.62. The lowest BCUT2D eigenvalue weighted by molar-refractivity contribution is -0.919. The van der Waals surface area contributed by atoms with Crippen molar-refractivity contribution < 1.29 is 4.48 Å². The smallest absolute Gasteiger partial charge is 0.0861 e. The Morgan fingerprint density at radius 2 is 2.08 bits per heavy atom. The van der Waals surface area contributed by atoms with Crippen LogP contribution in [0.4, 0.5) is 0 Å². The van der Waals surface area contributed by atoms with Crippen molar-refractivity contribution in [1.29, 1.82) is 0 Å². The number of hydrogen-bond donors (Lipinski definition) is 0. The molecular formula is C11H24N+. The standard InChI is InChI=1S/C11H24N/c1-4-5-6-9-12(3)10-7-8-11(12)2/h11H,4-10H2,1-3H3/q+1. The first kappa shape index (κ1) is 10.0. The van der Waals surface area contributed by atoms with Gasteiger partial charge in [0.1, 0.15) is 0 Å². The molecule has 1 aliphatic rings. The molecule has 2 unspecified atom stereocenters. The van der Waals surface area contributed by atoms with Gasteiger partial charge in [0, 0.05) is 12.8 Å². The van der Waals surface area contributed by atoms with Gasteiger partial charge in [0.15, 0.2) is 0 Å². The molecule has 2 atom stereocenters. The van der Waals surface area contributed by atoms with E-state index in [1.54, 1.807) is 0 Å². The predicted octanol–water partition coefficient (Wildman–Crippen LogP) is 2.81. The van der Waals surface area contributed by atoms with Crippen molar-refractivity contribution in [3.63, 3.8) is 0 Å². The van der Waals surface area contributed by atoms with Gasteiger partial charge in [-0.25, -0.2) is 0 Å². The summed E-state index contributed by atoms with van der Waals surface area (Å²) in [5.41, 5.74) is 0. The van der Waals surface area contributed by atoms with Crippen molar-refractivity contribution in [1.82, 2.24) is 0 Å². The summed E-state index contributed by atoms with van der Waals surface area (Å²) in [5, 5.41) is 0. The minimum Gasteiger partial charge on any atom is -0.324 e. The van der Waals surface area contributed by atoms with Crippen molar-refractivity contribution in [2.24, 2.45) is 0 Å². The largest absolute Gasteiger partial charge is 0.324 e. The van der Waals surface area contributed by atoms with E-state index in [1.165, 1.54) is 49.7 Å². The maximum absolute atomic E-state index is 2.44. The summed E-state index contributed by atoms with van der Waals surface area (Å²) in [6.07, 6.45) is 7.10. The van der Waals surface area contributed by atoms with Crippen LogP contribution in [0, 0.1) is 0 Å². The van der Waals surface area contributed by atoms with Crippen LogP contribution in [0.15, 0.2) is 0 Å². The van der Waals surface area contributed by atoms with Crippen molar-refractivity contribution in [3.8, 4) is 0 Å². The summed E-state index contributed by atoms with van der Waals surface area (Å²) in [7, 11) is 2.44. The number of quaternary nitrogens is 1. The van der Waals surface area contributed by atoms with Crippen LogP contribution in [0.25, 0.3) is 0 Å². The zero-order valence-electron chi connectivity index (χ0n) is 8.97. The molecule has 1 aliphatic heterocycles. The highest BCUT2D eigenvalue weighted by molar-refractivity contribution is 4.61. The molecule has 0 spiro atoms. The molecule has 0 saturated carbocycles. The van der Waals surface area contributed by atoms with E-state index in [0.717, 1.165) is 6.04 Å². The second-order valence-corrected chi connectivity index (χ2v) is 4.62. The van der Waals surface area contributed by atoms with Crippen molar-refractivity contribution >= 4 is 0 Å². The first-order valence-corrected chi connectivity index (χ1v) is 5.53. The van der Waals surface area contributed by atoms with E-state index in [1.807, 2.05) is 0 Å². The monoisotopic (exact) mass is 170 g/mol. The number of nitrogens with zero attached hydrogens (tertiary/aromatic N) is 1. The second kappa shape index (κ2) is 4.27. The summed E-state index contributed by atoms with van der Waals surface area (Å²) >= 11 is 0. The first-order valence-electron chi connectivity index (χ1n) is 5.53. The lowest BCUT2D eigenvalue weighted by Gasteiger charge is -2.34. The molecule has 0 aromatic rings. The topological polar surface area (TPSA) is 0 Å². The highest BCUT2D eigenvalue weighted by atomic mass is 15.4. The Kier molecular flexibility index (Phi) is 3.57. The first-order chi connectivity index (χ1) is 5.69. The molecule has 1 saturated heterocycles. The van der Waals surface area contributed by atoms with Crippen molar-refractivity contribution in [3.05, 3.63) is 0 Å². The summed E-state index contributed by atoms with van der Waals surface area (Å²) in [6.45, 7) is 7.53. The fraction of sp³-hybridized carbons (Fsp3) is 1.00. The zero-order chi connectivity index (χ0) is 9.03.